The first-order valence-electron chi connectivity index (χ1n) is 18.3. The number of nitrogens with zero attached hydrogens (tertiary/aromatic N) is 1. The summed E-state index contributed by atoms with van der Waals surface area (Å²) in [7, 11) is 0. The maximum absolute atomic E-state index is 3.55. The Kier molecular flexibility index (Phi) is 6.74. The zero-order chi connectivity index (χ0) is 34.9. The van der Waals surface area contributed by atoms with Crippen LogP contribution in [0.25, 0.3) is 64.7 Å². The van der Waals surface area contributed by atoms with E-state index < -0.39 is 5.41 Å². The normalized spacial score (nSPS) is 14.5. The van der Waals surface area contributed by atoms with Crippen LogP contribution >= 0.6 is 11.3 Å². The third-order valence-corrected chi connectivity index (χ3v) is 12.6. The topological polar surface area (TPSA) is 17.0 Å². The molecule has 7 aromatic carbocycles. The van der Waals surface area contributed by atoms with Gasteiger partial charge in [-0.2, -0.15) is 0 Å². The quantitative estimate of drug-likeness (QED) is 0.190. The Labute approximate surface area is 312 Å². The highest BCUT2D eigenvalue weighted by atomic mass is 32.1. The molecule has 0 bridgehead atoms. The number of para-hydroxylation sites is 1. The second-order valence-corrected chi connectivity index (χ2v) is 15.1. The summed E-state index contributed by atoms with van der Waals surface area (Å²) in [5.41, 5.74) is 14.7. The van der Waals surface area contributed by atoms with Crippen molar-refractivity contribution in [3.8, 4) is 28.1 Å². The molecule has 1 N–H and O–H groups in total. The Hall–Kier alpha value is -6.42. The van der Waals surface area contributed by atoms with Crippen molar-refractivity contribution in [1.82, 2.24) is 9.88 Å². The molecule has 0 spiro atoms. The second kappa shape index (κ2) is 11.8. The largest absolute Gasteiger partial charge is 0.387 e. The molecule has 0 saturated carbocycles. The first-order chi connectivity index (χ1) is 26.3. The Morgan fingerprint density at radius 2 is 1.21 bits per heavy atom. The fourth-order valence-electron chi connectivity index (χ4n) is 9.17. The standard InChI is InChI=1S/C50H34N2S/c1-4-13-35(14-5-1)50(36-15-6-2-7-16-36)44-29-30-51-32-43(44)40-27-28-45-42(48(40)50)31-46(52(45)37-17-8-3-9-18-37)34-25-23-33(24-26-34)38-20-12-21-41-39-19-10-11-22-47(39)53-49(38)41/h1-31,51H,32H2. The van der Waals surface area contributed by atoms with Crippen molar-refractivity contribution in [3.63, 3.8) is 0 Å². The van der Waals surface area contributed by atoms with Crippen molar-refractivity contribution in [2.24, 2.45) is 0 Å². The van der Waals surface area contributed by atoms with Gasteiger partial charge < -0.3 is 9.88 Å². The molecule has 250 valence electrons. The maximum Gasteiger partial charge on any atom is 0.0718 e. The summed E-state index contributed by atoms with van der Waals surface area (Å²) in [5.74, 6) is 0. The van der Waals surface area contributed by atoms with E-state index >= 15 is 0 Å². The number of thiophene rings is 1. The molecule has 0 amide bonds. The average Bonchev–Trinajstić information content (AvgIpc) is 3.91. The fraction of sp³-hybridized carbons (Fsp3) is 0.0400. The molecule has 2 aromatic heterocycles. The molecule has 3 heterocycles. The molecule has 1 aliphatic heterocycles. The van der Waals surface area contributed by atoms with Crippen LogP contribution in [-0.4, -0.2) is 11.1 Å². The molecule has 0 fully saturated rings. The number of hydrogen-bond donors (Lipinski definition) is 1. The number of hydrogen-bond acceptors (Lipinski definition) is 2. The molecule has 2 nitrogen and oxygen atoms in total. The SMILES string of the molecule is C1=CC2=C(CN1)c1ccc3c(cc(-c4ccc(-c5cccc6c5sc5ccccc56)cc4)n3-c3ccccc3)c1C2(c1ccccc1)c1ccccc1. The molecule has 0 atom stereocenters. The first kappa shape index (κ1) is 30.2. The van der Waals surface area contributed by atoms with Gasteiger partial charge in [0.1, 0.15) is 0 Å². The second-order valence-electron chi connectivity index (χ2n) is 14.1. The van der Waals surface area contributed by atoms with E-state index in [4.69, 9.17) is 0 Å². The van der Waals surface area contributed by atoms with Crippen LogP contribution in [0.2, 0.25) is 0 Å². The lowest BCUT2D eigenvalue weighted by molar-refractivity contribution is 0.762. The van der Waals surface area contributed by atoms with Gasteiger partial charge in [-0.1, -0.05) is 146 Å². The van der Waals surface area contributed by atoms with Gasteiger partial charge in [-0.15, -0.1) is 11.3 Å². The van der Waals surface area contributed by atoms with E-state index in [0.29, 0.717) is 0 Å². The van der Waals surface area contributed by atoms with Crippen molar-refractivity contribution in [1.29, 1.82) is 0 Å². The Morgan fingerprint density at radius 3 is 1.96 bits per heavy atom. The van der Waals surface area contributed by atoms with Gasteiger partial charge in [0.2, 0.25) is 0 Å². The predicted octanol–water partition coefficient (Wildman–Crippen LogP) is 12.6. The zero-order valence-corrected chi connectivity index (χ0v) is 29.8. The lowest BCUT2D eigenvalue weighted by atomic mass is 9.66. The monoisotopic (exact) mass is 694 g/mol. The van der Waals surface area contributed by atoms with E-state index in [1.807, 2.05) is 11.3 Å². The molecule has 0 unspecified atom stereocenters. The zero-order valence-electron chi connectivity index (χ0n) is 29.0. The minimum Gasteiger partial charge on any atom is -0.387 e. The Balaban J connectivity index is 1.17. The van der Waals surface area contributed by atoms with Gasteiger partial charge in [0.15, 0.2) is 0 Å². The van der Waals surface area contributed by atoms with Gasteiger partial charge in [0, 0.05) is 37.8 Å². The number of benzene rings is 7. The van der Waals surface area contributed by atoms with Crippen molar-refractivity contribution in [3.05, 3.63) is 216 Å². The first-order valence-corrected chi connectivity index (χ1v) is 19.1. The number of allylic oxidation sites excluding steroid dienone is 2. The summed E-state index contributed by atoms with van der Waals surface area (Å²) in [4.78, 5) is 0. The van der Waals surface area contributed by atoms with Crippen LogP contribution < -0.4 is 5.32 Å². The summed E-state index contributed by atoms with van der Waals surface area (Å²) in [6.45, 7) is 0.798. The summed E-state index contributed by atoms with van der Waals surface area (Å²) in [6, 6.07) is 65.0. The molecule has 53 heavy (non-hydrogen) atoms. The maximum atomic E-state index is 3.55. The van der Waals surface area contributed by atoms with E-state index in [1.54, 1.807) is 0 Å². The average molecular weight is 695 g/mol. The third kappa shape index (κ3) is 4.38. The van der Waals surface area contributed by atoms with Crippen LogP contribution in [0.3, 0.4) is 0 Å². The molecular weight excluding hydrogens is 661 g/mol. The molecule has 0 radical (unpaired) electrons. The summed E-state index contributed by atoms with van der Waals surface area (Å²) < 4.78 is 5.13. The van der Waals surface area contributed by atoms with Crippen LogP contribution in [0.15, 0.2) is 194 Å². The molecule has 0 saturated heterocycles. The molecule has 9 aromatic rings. The summed E-state index contributed by atoms with van der Waals surface area (Å²) in [5, 5.41) is 7.48. The van der Waals surface area contributed by atoms with Crippen molar-refractivity contribution in [2.45, 2.75) is 5.41 Å². The van der Waals surface area contributed by atoms with Gasteiger partial charge in [-0.25, -0.2) is 0 Å². The number of aromatic nitrogens is 1. The van der Waals surface area contributed by atoms with Gasteiger partial charge in [0.05, 0.1) is 16.6 Å². The molecule has 1 aliphatic carbocycles. The van der Waals surface area contributed by atoms with Crippen LogP contribution in [0, 0.1) is 0 Å². The van der Waals surface area contributed by atoms with Crippen LogP contribution in [-0.2, 0) is 5.41 Å². The number of nitrogens with one attached hydrogen (secondary N) is 1. The van der Waals surface area contributed by atoms with E-state index in [-0.39, 0.29) is 0 Å². The van der Waals surface area contributed by atoms with Gasteiger partial charge >= 0.3 is 0 Å². The minimum atomic E-state index is -0.474. The number of dihydropyridines is 1. The lowest BCUT2D eigenvalue weighted by Gasteiger charge is -2.35. The Bertz CT molecular complexity index is 2870. The highest BCUT2D eigenvalue weighted by Gasteiger charge is 2.48. The molecular formula is C50H34N2S. The highest BCUT2D eigenvalue weighted by molar-refractivity contribution is 7.26. The molecule has 11 rings (SSSR count). The lowest BCUT2D eigenvalue weighted by Crippen LogP contribution is -2.30. The van der Waals surface area contributed by atoms with Crippen molar-refractivity contribution >= 4 is 48.0 Å². The van der Waals surface area contributed by atoms with Crippen LogP contribution in [0.4, 0.5) is 0 Å². The van der Waals surface area contributed by atoms with Gasteiger partial charge in [0.25, 0.3) is 0 Å². The summed E-state index contributed by atoms with van der Waals surface area (Å²) >= 11 is 1.88. The van der Waals surface area contributed by atoms with Crippen LogP contribution in [0.1, 0.15) is 22.3 Å². The number of rotatable bonds is 5. The van der Waals surface area contributed by atoms with E-state index in [2.05, 4.69) is 198 Å². The molecule has 3 heteroatoms. The van der Waals surface area contributed by atoms with E-state index in [1.165, 1.54) is 86.9 Å². The highest BCUT2D eigenvalue weighted by Crippen LogP contribution is 2.58. The van der Waals surface area contributed by atoms with Gasteiger partial charge in [-0.05, 0) is 92.7 Å². The molecule has 2 aliphatic rings. The fourth-order valence-corrected chi connectivity index (χ4v) is 10.4. The predicted molar refractivity (Wildman–Crippen MR) is 224 cm³/mol. The van der Waals surface area contributed by atoms with E-state index in [0.717, 1.165) is 12.2 Å². The van der Waals surface area contributed by atoms with Gasteiger partial charge in [-0.3, -0.25) is 0 Å². The number of fused-ring (bicyclic) bond motifs is 7. The Morgan fingerprint density at radius 1 is 0.547 bits per heavy atom. The van der Waals surface area contributed by atoms with E-state index in [9.17, 15) is 0 Å². The summed E-state index contributed by atoms with van der Waals surface area (Å²) in [6.07, 6.45) is 4.44. The van der Waals surface area contributed by atoms with Crippen LogP contribution in [0.5, 0.6) is 0 Å². The smallest absolute Gasteiger partial charge is 0.0718 e. The van der Waals surface area contributed by atoms with Crippen molar-refractivity contribution in [2.75, 3.05) is 6.54 Å². The van der Waals surface area contributed by atoms with Crippen molar-refractivity contribution < 1.29 is 0 Å². The third-order valence-electron chi connectivity index (χ3n) is 11.4. The minimum absolute atomic E-state index is 0.474.